The average Bonchev–Trinajstić information content (AvgIpc) is 2.70. The van der Waals surface area contributed by atoms with Crippen molar-refractivity contribution in [2.75, 3.05) is 6.54 Å². The first kappa shape index (κ1) is 14.1. The maximum atomic E-state index is 14.0. The molecule has 102 valence electrons. The lowest BCUT2D eigenvalue weighted by Gasteiger charge is -2.20. The summed E-state index contributed by atoms with van der Waals surface area (Å²) in [5, 5.41) is 7.26. The van der Waals surface area contributed by atoms with E-state index >= 15 is 0 Å². The van der Waals surface area contributed by atoms with Crippen molar-refractivity contribution in [1.29, 1.82) is 0 Å². The van der Waals surface area contributed by atoms with Gasteiger partial charge in [0, 0.05) is 12.6 Å². The highest BCUT2D eigenvalue weighted by Gasteiger charge is 2.24. The molecule has 1 aromatic carbocycles. The van der Waals surface area contributed by atoms with Crippen LogP contribution in [0.3, 0.4) is 0 Å². The van der Waals surface area contributed by atoms with Gasteiger partial charge in [-0.05, 0) is 28.5 Å². The normalized spacial score (nSPS) is 12.7. The number of aromatic nitrogens is 2. The van der Waals surface area contributed by atoms with E-state index in [1.807, 2.05) is 6.92 Å². The summed E-state index contributed by atoms with van der Waals surface area (Å²) in [7, 11) is 1.77. The second-order valence-corrected chi connectivity index (χ2v) is 4.99. The molecule has 6 heteroatoms. The van der Waals surface area contributed by atoms with Crippen LogP contribution in [0, 0.1) is 11.6 Å². The van der Waals surface area contributed by atoms with Gasteiger partial charge in [-0.1, -0.05) is 19.1 Å². The average molecular weight is 330 g/mol. The standard InChI is InChI=1S/C13H14BrF2N3/c1-3-17-12(13-9(14)7-18-19(13)2)8-5-4-6-10(15)11(8)16/h4-7,12,17H,3H2,1-2H3. The van der Waals surface area contributed by atoms with E-state index in [0.29, 0.717) is 6.54 Å². The van der Waals surface area contributed by atoms with E-state index in [9.17, 15) is 8.78 Å². The van der Waals surface area contributed by atoms with Crippen molar-refractivity contribution in [3.8, 4) is 0 Å². The molecule has 19 heavy (non-hydrogen) atoms. The highest BCUT2D eigenvalue weighted by Crippen LogP contribution is 2.30. The molecule has 0 saturated carbocycles. The third kappa shape index (κ3) is 2.69. The second-order valence-electron chi connectivity index (χ2n) is 4.14. The van der Waals surface area contributed by atoms with Crippen molar-refractivity contribution in [3.05, 3.63) is 51.8 Å². The van der Waals surface area contributed by atoms with Gasteiger partial charge in [0.1, 0.15) is 0 Å². The summed E-state index contributed by atoms with van der Waals surface area (Å²) in [6.07, 6.45) is 1.64. The minimum atomic E-state index is -0.848. The highest BCUT2D eigenvalue weighted by molar-refractivity contribution is 9.10. The molecule has 0 aliphatic heterocycles. The monoisotopic (exact) mass is 329 g/mol. The zero-order valence-electron chi connectivity index (χ0n) is 10.6. The SMILES string of the molecule is CCNC(c1cccc(F)c1F)c1c(Br)cnn1C. The van der Waals surface area contributed by atoms with Gasteiger partial charge in [0.15, 0.2) is 11.6 Å². The maximum absolute atomic E-state index is 14.0. The fourth-order valence-corrected chi connectivity index (χ4v) is 2.62. The minimum Gasteiger partial charge on any atom is -0.305 e. The van der Waals surface area contributed by atoms with Gasteiger partial charge >= 0.3 is 0 Å². The van der Waals surface area contributed by atoms with Crippen LogP contribution >= 0.6 is 15.9 Å². The quantitative estimate of drug-likeness (QED) is 0.933. The Balaban J connectivity index is 2.55. The molecule has 2 rings (SSSR count). The van der Waals surface area contributed by atoms with Gasteiger partial charge < -0.3 is 5.32 Å². The number of rotatable bonds is 4. The summed E-state index contributed by atoms with van der Waals surface area (Å²) >= 11 is 3.39. The molecule has 0 bridgehead atoms. The molecule has 0 aliphatic rings. The first-order valence-corrected chi connectivity index (χ1v) is 6.70. The largest absolute Gasteiger partial charge is 0.305 e. The van der Waals surface area contributed by atoms with E-state index in [2.05, 4.69) is 26.3 Å². The number of benzene rings is 1. The van der Waals surface area contributed by atoms with Gasteiger partial charge in [0.25, 0.3) is 0 Å². The van der Waals surface area contributed by atoms with Crippen LogP contribution in [0.15, 0.2) is 28.9 Å². The Labute approximate surface area is 118 Å². The van der Waals surface area contributed by atoms with Crippen molar-refractivity contribution in [2.45, 2.75) is 13.0 Å². The van der Waals surface area contributed by atoms with Crippen LogP contribution in [0.4, 0.5) is 8.78 Å². The van der Waals surface area contributed by atoms with Gasteiger partial charge in [-0.3, -0.25) is 4.68 Å². The van der Waals surface area contributed by atoms with E-state index in [1.54, 1.807) is 24.0 Å². The number of nitrogens with one attached hydrogen (secondary N) is 1. The van der Waals surface area contributed by atoms with Crippen LogP contribution in [0.5, 0.6) is 0 Å². The summed E-state index contributed by atoms with van der Waals surface area (Å²) in [5.41, 5.74) is 1.03. The topological polar surface area (TPSA) is 29.9 Å². The molecule has 3 nitrogen and oxygen atoms in total. The minimum absolute atomic E-state index is 0.270. The lowest BCUT2D eigenvalue weighted by atomic mass is 10.0. The second kappa shape index (κ2) is 5.79. The van der Waals surface area contributed by atoms with Crippen LogP contribution in [0.1, 0.15) is 24.2 Å². The molecule has 0 radical (unpaired) electrons. The van der Waals surface area contributed by atoms with E-state index in [4.69, 9.17) is 0 Å². The molecule has 2 aromatic rings. The molecule has 0 aliphatic carbocycles. The molecular weight excluding hydrogens is 316 g/mol. The van der Waals surface area contributed by atoms with Crippen LogP contribution in [0.2, 0.25) is 0 Å². The third-order valence-corrected chi connectivity index (χ3v) is 3.52. The van der Waals surface area contributed by atoms with Gasteiger partial charge in [-0.15, -0.1) is 0 Å². The Morgan fingerprint density at radius 2 is 2.16 bits per heavy atom. The third-order valence-electron chi connectivity index (χ3n) is 2.91. The van der Waals surface area contributed by atoms with Crippen molar-refractivity contribution in [3.63, 3.8) is 0 Å². The van der Waals surface area contributed by atoms with E-state index in [1.165, 1.54) is 6.07 Å². The van der Waals surface area contributed by atoms with Crippen LogP contribution in [-0.4, -0.2) is 16.3 Å². The summed E-state index contributed by atoms with van der Waals surface area (Å²) in [6.45, 7) is 2.53. The van der Waals surface area contributed by atoms with Crippen molar-refractivity contribution in [1.82, 2.24) is 15.1 Å². The number of nitrogens with zero attached hydrogens (tertiary/aromatic N) is 2. The van der Waals surface area contributed by atoms with Gasteiger partial charge in [0.2, 0.25) is 0 Å². The fraction of sp³-hybridized carbons (Fsp3) is 0.308. The molecule has 1 atom stereocenters. The fourth-order valence-electron chi connectivity index (χ4n) is 2.05. The maximum Gasteiger partial charge on any atom is 0.163 e. The molecule has 0 fully saturated rings. The first-order chi connectivity index (χ1) is 9.06. The molecule has 0 saturated heterocycles. The van der Waals surface area contributed by atoms with E-state index in [0.717, 1.165) is 16.2 Å². The van der Waals surface area contributed by atoms with Gasteiger partial charge in [-0.25, -0.2) is 8.78 Å². The molecule has 1 heterocycles. The Morgan fingerprint density at radius 1 is 1.42 bits per heavy atom. The Hall–Kier alpha value is -1.27. The number of hydrogen-bond donors (Lipinski definition) is 1. The van der Waals surface area contributed by atoms with Crippen LogP contribution in [0.25, 0.3) is 0 Å². The summed E-state index contributed by atoms with van der Waals surface area (Å²) in [6, 6.07) is 3.73. The zero-order chi connectivity index (χ0) is 14.0. The smallest absolute Gasteiger partial charge is 0.163 e. The van der Waals surface area contributed by atoms with Crippen molar-refractivity contribution in [2.24, 2.45) is 7.05 Å². The lowest BCUT2D eigenvalue weighted by molar-refractivity contribution is 0.475. The number of halogens is 3. The van der Waals surface area contributed by atoms with Gasteiger partial charge in [0.05, 0.1) is 22.4 Å². The molecule has 1 N–H and O–H groups in total. The summed E-state index contributed by atoms with van der Waals surface area (Å²) < 4.78 is 29.8. The molecular formula is C13H14BrF2N3. The van der Waals surface area contributed by atoms with Crippen LogP contribution < -0.4 is 5.32 Å². The molecule has 0 amide bonds. The van der Waals surface area contributed by atoms with Gasteiger partial charge in [-0.2, -0.15) is 5.10 Å². The molecule has 1 aromatic heterocycles. The first-order valence-electron chi connectivity index (χ1n) is 5.91. The van der Waals surface area contributed by atoms with Crippen molar-refractivity contribution >= 4 is 15.9 Å². The van der Waals surface area contributed by atoms with E-state index in [-0.39, 0.29) is 5.56 Å². The molecule has 0 spiro atoms. The Bertz CT molecular complexity index is 564. The molecule has 1 unspecified atom stereocenters. The predicted octanol–water partition coefficient (Wildman–Crippen LogP) is 3.16. The predicted molar refractivity (Wildman–Crippen MR) is 72.8 cm³/mol. The number of hydrogen-bond acceptors (Lipinski definition) is 2. The van der Waals surface area contributed by atoms with Crippen LogP contribution in [-0.2, 0) is 7.05 Å². The summed E-state index contributed by atoms with van der Waals surface area (Å²) in [4.78, 5) is 0. The number of aryl methyl sites for hydroxylation is 1. The van der Waals surface area contributed by atoms with Crippen molar-refractivity contribution < 1.29 is 8.78 Å². The lowest BCUT2D eigenvalue weighted by Crippen LogP contribution is -2.25. The highest BCUT2D eigenvalue weighted by atomic mass is 79.9. The van der Waals surface area contributed by atoms with E-state index < -0.39 is 17.7 Å². The summed E-state index contributed by atoms with van der Waals surface area (Å²) in [5.74, 6) is -1.68. The Kier molecular flexibility index (Phi) is 4.31. The zero-order valence-corrected chi connectivity index (χ0v) is 12.2. The Morgan fingerprint density at radius 3 is 2.74 bits per heavy atom.